The number of rotatable bonds is 5. The largest absolute Gasteiger partial charge is 0.344 e. The van der Waals surface area contributed by atoms with Crippen molar-refractivity contribution in [2.24, 2.45) is 5.41 Å². The molecule has 0 saturated heterocycles. The van der Waals surface area contributed by atoms with Gasteiger partial charge in [-0.2, -0.15) is 0 Å². The van der Waals surface area contributed by atoms with E-state index in [0.717, 1.165) is 13.1 Å². The molecule has 74 valence electrons. The first-order valence-corrected chi connectivity index (χ1v) is 4.38. The predicted molar refractivity (Wildman–Crippen MR) is 56.8 cm³/mol. The van der Waals surface area contributed by atoms with Crippen LogP contribution in [0.3, 0.4) is 0 Å². The molecule has 0 heterocycles. The smallest absolute Gasteiger partial charge is 0.0132 e. The number of nitrogens with one attached hydrogen (secondary N) is 1. The lowest BCUT2D eigenvalue weighted by Crippen LogP contribution is -2.17. The highest BCUT2D eigenvalue weighted by Crippen LogP contribution is 2.19. The molecule has 0 aromatic rings. The van der Waals surface area contributed by atoms with E-state index in [4.69, 9.17) is 0 Å². The molecule has 0 radical (unpaired) electrons. The summed E-state index contributed by atoms with van der Waals surface area (Å²) in [4.78, 5) is 0. The summed E-state index contributed by atoms with van der Waals surface area (Å²) in [5.74, 6) is 0. The first-order chi connectivity index (χ1) is 5.06. The maximum absolute atomic E-state index is 3.64. The van der Waals surface area contributed by atoms with Crippen molar-refractivity contribution in [3.8, 4) is 0 Å². The van der Waals surface area contributed by atoms with Crippen LogP contribution in [0.4, 0.5) is 0 Å². The van der Waals surface area contributed by atoms with Gasteiger partial charge < -0.3 is 11.5 Å². The molecular formula is C10H24N2. The molecule has 2 nitrogen and oxygen atoms in total. The summed E-state index contributed by atoms with van der Waals surface area (Å²) < 4.78 is 0. The van der Waals surface area contributed by atoms with Gasteiger partial charge >= 0.3 is 0 Å². The van der Waals surface area contributed by atoms with Crippen LogP contribution >= 0.6 is 0 Å². The predicted octanol–water partition coefficient (Wildman–Crippen LogP) is 2.75. The molecule has 12 heavy (non-hydrogen) atoms. The maximum Gasteiger partial charge on any atom is 0.0132 e. The molecule has 0 aromatic heterocycles. The van der Waals surface area contributed by atoms with Gasteiger partial charge in [-0.3, -0.25) is 0 Å². The molecule has 0 unspecified atom stereocenters. The van der Waals surface area contributed by atoms with Gasteiger partial charge in [-0.05, 0) is 24.8 Å². The van der Waals surface area contributed by atoms with Gasteiger partial charge in [0.2, 0.25) is 0 Å². The minimum atomic E-state index is 0. The molecule has 0 amide bonds. The zero-order chi connectivity index (χ0) is 8.74. The summed E-state index contributed by atoms with van der Waals surface area (Å²) in [6.07, 6.45) is 4.45. The Morgan fingerprint density at radius 2 is 1.92 bits per heavy atom. The molecule has 4 N–H and O–H groups in total. The van der Waals surface area contributed by atoms with E-state index >= 15 is 0 Å². The quantitative estimate of drug-likeness (QED) is 0.495. The van der Waals surface area contributed by atoms with Crippen molar-refractivity contribution in [1.29, 1.82) is 0 Å². The van der Waals surface area contributed by atoms with Crippen molar-refractivity contribution in [1.82, 2.24) is 11.5 Å². The van der Waals surface area contributed by atoms with Gasteiger partial charge in [0.05, 0.1) is 0 Å². The van der Waals surface area contributed by atoms with Gasteiger partial charge in [-0.1, -0.05) is 26.8 Å². The van der Waals surface area contributed by atoms with E-state index in [2.05, 4.69) is 32.7 Å². The van der Waals surface area contributed by atoms with Crippen molar-refractivity contribution < 1.29 is 0 Å². The zero-order valence-electron chi connectivity index (χ0n) is 8.82. The number of hydrogen-bond acceptors (Lipinski definition) is 2. The lowest BCUT2D eigenvalue weighted by atomic mass is 9.91. The van der Waals surface area contributed by atoms with Crippen LogP contribution in [-0.4, -0.2) is 13.1 Å². The lowest BCUT2D eigenvalue weighted by Gasteiger charge is -2.17. The normalized spacial score (nSPS) is 10.6. The molecule has 0 atom stereocenters. The van der Waals surface area contributed by atoms with E-state index in [1.165, 1.54) is 12.8 Å². The minimum absolute atomic E-state index is 0. The number of hydrogen-bond donors (Lipinski definition) is 2. The summed E-state index contributed by atoms with van der Waals surface area (Å²) in [5.41, 5.74) is 0.482. The molecule has 0 aliphatic heterocycles. The van der Waals surface area contributed by atoms with E-state index < -0.39 is 0 Å². The Morgan fingerprint density at radius 3 is 2.33 bits per heavy atom. The third-order valence-electron chi connectivity index (χ3n) is 1.57. The highest BCUT2D eigenvalue weighted by molar-refractivity contribution is 4.70. The second-order valence-corrected chi connectivity index (χ2v) is 4.16. The van der Waals surface area contributed by atoms with E-state index in [9.17, 15) is 0 Å². The Kier molecular flexibility index (Phi) is 8.66. The maximum atomic E-state index is 3.64. The minimum Gasteiger partial charge on any atom is -0.344 e. The van der Waals surface area contributed by atoms with Crippen molar-refractivity contribution in [3.63, 3.8) is 0 Å². The van der Waals surface area contributed by atoms with Gasteiger partial charge in [-0.15, -0.1) is 6.58 Å². The monoisotopic (exact) mass is 172 g/mol. The Hall–Kier alpha value is -0.340. The van der Waals surface area contributed by atoms with Crippen molar-refractivity contribution in [2.45, 2.75) is 33.6 Å². The Bertz CT molecular complexity index is 103. The molecule has 2 heteroatoms. The van der Waals surface area contributed by atoms with Crippen LogP contribution in [0.2, 0.25) is 0 Å². The summed E-state index contributed by atoms with van der Waals surface area (Å²) in [7, 11) is 0. The average Bonchev–Trinajstić information content (AvgIpc) is 1.85. The van der Waals surface area contributed by atoms with Crippen LogP contribution < -0.4 is 11.5 Å². The van der Waals surface area contributed by atoms with Crippen LogP contribution in [0.5, 0.6) is 0 Å². The fraction of sp³-hybridized carbons (Fsp3) is 0.800. The zero-order valence-corrected chi connectivity index (χ0v) is 8.82. The first-order valence-electron chi connectivity index (χ1n) is 4.38. The van der Waals surface area contributed by atoms with E-state index in [-0.39, 0.29) is 6.15 Å². The first kappa shape index (κ1) is 14.2. The molecule has 0 spiro atoms. The van der Waals surface area contributed by atoms with Gasteiger partial charge in [0.15, 0.2) is 0 Å². The van der Waals surface area contributed by atoms with E-state index in [1.807, 2.05) is 6.08 Å². The lowest BCUT2D eigenvalue weighted by molar-refractivity contribution is 0.362. The van der Waals surface area contributed by atoms with Crippen LogP contribution in [0.15, 0.2) is 12.7 Å². The fourth-order valence-corrected chi connectivity index (χ4v) is 0.948. The average molecular weight is 172 g/mol. The second-order valence-electron chi connectivity index (χ2n) is 4.16. The Balaban J connectivity index is 0. The van der Waals surface area contributed by atoms with Crippen LogP contribution in [0.1, 0.15) is 33.6 Å². The van der Waals surface area contributed by atoms with Gasteiger partial charge in [0.25, 0.3) is 0 Å². The van der Waals surface area contributed by atoms with Gasteiger partial charge in [-0.25, -0.2) is 0 Å². The standard InChI is InChI=1S/C10H21N.H3N/c1-5-8-11-9-6-7-10(2,3)4;/h5,11H,1,6-9H2,2-4H3;1H3. The summed E-state index contributed by atoms with van der Waals surface area (Å²) >= 11 is 0. The van der Waals surface area contributed by atoms with Crippen molar-refractivity contribution in [2.75, 3.05) is 13.1 Å². The second kappa shape index (κ2) is 7.32. The third-order valence-corrected chi connectivity index (χ3v) is 1.57. The summed E-state index contributed by atoms with van der Waals surface area (Å²) in [6, 6.07) is 0. The molecule has 0 rings (SSSR count). The molecule has 0 fully saturated rings. The molecule has 0 aliphatic carbocycles. The molecule has 0 saturated carbocycles. The fourth-order valence-electron chi connectivity index (χ4n) is 0.948. The summed E-state index contributed by atoms with van der Waals surface area (Å²) in [6.45, 7) is 12.5. The van der Waals surface area contributed by atoms with Gasteiger partial charge in [0, 0.05) is 6.54 Å². The molecular weight excluding hydrogens is 148 g/mol. The van der Waals surface area contributed by atoms with Crippen LogP contribution in [0.25, 0.3) is 0 Å². The highest BCUT2D eigenvalue weighted by Gasteiger charge is 2.08. The van der Waals surface area contributed by atoms with E-state index in [0.29, 0.717) is 5.41 Å². The Labute approximate surface area is 77.0 Å². The highest BCUT2D eigenvalue weighted by atomic mass is 14.8. The van der Waals surface area contributed by atoms with Crippen LogP contribution in [0, 0.1) is 5.41 Å². The third kappa shape index (κ3) is 12.3. The molecule has 0 aliphatic rings. The summed E-state index contributed by atoms with van der Waals surface area (Å²) in [5, 5.41) is 3.29. The van der Waals surface area contributed by atoms with Crippen molar-refractivity contribution in [3.05, 3.63) is 12.7 Å². The molecule has 0 bridgehead atoms. The van der Waals surface area contributed by atoms with Crippen molar-refractivity contribution >= 4 is 0 Å². The van der Waals surface area contributed by atoms with Crippen LogP contribution in [-0.2, 0) is 0 Å². The van der Waals surface area contributed by atoms with Gasteiger partial charge in [0.1, 0.15) is 0 Å². The topological polar surface area (TPSA) is 47.0 Å². The van der Waals surface area contributed by atoms with E-state index in [1.54, 1.807) is 0 Å². The molecule has 0 aromatic carbocycles. The Morgan fingerprint density at radius 1 is 1.33 bits per heavy atom. The SMILES string of the molecule is C=CCNCCCC(C)(C)C.N.